The van der Waals surface area contributed by atoms with Gasteiger partial charge in [-0.25, -0.2) is 0 Å². The molecular weight excluding hydrogens is 244 g/mol. The maximum absolute atomic E-state index is 6.20. The maximum Gasteiger partial charge on any atom is 0.0438 e. The number of hydrogen-bond acceptors (Lipinski definition) is 2. The van der Waals surface area contributed by atoms with Gasteiger partial charge in [0, 0.05) is 24.2 Å². The average molecular weight is 265 g/mol. The molecule has 0 saturated carbocycles. The number of aryl methyl sites for hydroxylation is 1. The van der Waals surface area contributed by atoms with E-state index in [1.165, 1.54) is 25.2 Å². The summed E-state index contributed by atoms with van der Waals surface area (Å²) in [5.74, 6) is 1.69. The Bertz CT molecular complexity index is 446. The quantitative estimate of drug-likeness (QED) is 0.884. The van der Waals surface area contributed by atoms with Gasteiger partial charge in [0.05, 0.1) is 0 Å². The standard InChI is InChI=1S/C15H21ClN2/c1-10-3-4-12(5-15(10)16)8-18-9-13-6-17-7-14(13)11(18)2/h3-5,11,13-14,17H,6-9H2,1-2H3. The normalized spacial score (nSPS) is 31.8. The summed E-state index contributed by atoms with van der Waals surface area (Å²) >= 11 is 6.20. The second kappa shape index (κ2) is 4.84. The highest BCUT2D eigenvalue weighted by molar-refractivity contribution is 6.31. The summed E-state index contributed by atoms with van der Waals surface area (Å²) in [5, 5.41) is 4.40. The zero-order chi connectivity index (χ0) is 12.7. The first-order chi connectivity index (χ1) is 8.65. The Morgan fingerprint density at radius 3 is 2.94 bits per heavy atom. The summed E-state index contributed by atoms with van der Waals surface area (Å²) in [6.45, 7) is 9.07. The molecule has 2 heterocycles. The molecule has 98 valence electrons. The Hall–Kier alpha value is -0.570. The molecule has 0 aromatic heterocycles. The largest absolute Gasteiger partial charge is 0.316 e. The highest BCUT2D eigenvalue weighted by atomic mass is 35.5. The average Bonchev–Trinajstić information content (AvgIpc) is 2.89. The molecule has 0 spiro atoms. The number of nitrogens with zero attached hydrogens (tertiary/aromatic N) is 1. The van der Waals surface area contributed by atoms with Crippen molar-refractivity contribution in [1.29, 1.82) is 0 Å². The monoisotopic (exact) mass is 264 g/mol. The maximum atomic E-state index is 6.20. The van der Waals surface area contributed by atoms with Crippen LogP contribution in [0.5, 0.6) is 0 Å². The number of fused-ring (bicyclic) bond motifs is 1. The lowest BCUT2D eigenvalue weighted by Gasteiger charge is -2.24. The molecule has 0 aliphatic carbocycles. The lowest BCUT2D eigenvalue weighted by atomic mass is 9.95. The molecule has 3 unspecified atom stereocenters. The van der Waals surface area contributed by atoms with Crippen LogP contribution in [0.3, 0.4) is 0 Å². The van der Waals surface area contributed by atoms with Crippen LogP contribution in [0.15, 0.2) is 18.2 Å². The molecule has 2 nitrogen and oxygen atoms in total. The summed E-state index contributed by atoms with van der Waals surface area (Å²) in [7, 11) is 0. The fraction of sp³-hybridized carbons (Fsp3) is 0.600. The molecule has 1 aromatic rings. The van der Waals surface area contributed by atoms with Gasteiger partial charge >= 0.3 is 0 Å². The van der Waals surface area contributed by atoms with Crippen molar-refractivity contribution < 1.29 is 0 Å². The van der Waals surface area contributed by atoms with Crippen LogP contribution in [0.2, 0.25) is 5.02 Å². The van der Waals surface area contributed by atoms with Crippen molar-refractivity contribution in [2.24, 2.45) is 11.8 Å². The Morgan fingerprint density at radius 1 is 1.39 bits per heavy atom. The first kappa shape index (κ1) is 12.5. The predicted molar refractivity (Wildman–Crippen MR) is 75.9 cm³/mol. The molecule has 18 heavy (non-hydrogen) atoms. The molecule has 1 N–H and O–H groups in total. The van der Waals surface area contributed by atoms with Crippen LogP contribution < -0.4 is 5.32 Å². The lowest BCUT2D eigenvalue weighted by molar-refractivity contribution is 0.231. The van der Waals surface area contributed by atoms with Gasteiger partial charge in [-0.15, -0.1) is 0 Å². The van der Waals surface area contributed by atoms with Gasteiger partial charge in [0.1, 0.15) is 0 Å². The zero-order valence-electron chi connectivity index (χ0n) is 11.1. The van der Waals surface area contributed by atoms with Crippen molar-refractivity contribution in [3.63, 3.8) is 0 Å². The number of likely N-dealkylation sites (tertiary alicyclic amines) is 1. The van der Waals surface area contributed by atoms with E-state index in [-0.39, 0.29) is 0 Å². The topological polar surface area (TPSA) is 15.3 Å². The number of rotatable bonds is 2. The van der Waals surface area contributed by atoms with E-state index in [4.69, 9.17) is 11.6 Å². The Balaban J connectivity index is 1.71. The van der Waals surface area contributed by atoms with E-state index in [1.54, 1.807) is 0 Å². The van der Waals surface area contributed by atoms with Crippen LogP contribution in [0.1, 0.15) is 18.1 Å². The highest BCUT2D eigenvalue weighted by Gasteiger charge is 2.41. The van der Waals surface area contributed by atoms with E-state index in [2.05, 4.69) is 42.3 Å². The minimum Gasteiger partial charge on any atom is -0.316 e. The van der Waals surface area contributed by atoms with E-state index in [0.717, 1.165) is 29.0 Å². The number of nitrogens with one attached hydrogen (secondary N) is 1. The fourth-order valence-corrected chi connectivity index (χ4v) is 3.64. The Labute approximate surface area is 114 Å². The van der Waals surface area contributed by atoms with Crippen LogP contribution in [-0.2, 0) is 6.54 Å². The van der Waals surface area contributed by atoms with Crippen LogP contribution in [0, 0.1) is 18.8 Å². The molecule has 2 aliphatic rings. The molecule has 0 bridgehead atoms. The van der Waals surface area contributed by atoms with Crippen LogP contribution in [-0.4, -0.2) is 30.6 Å². The van der Waals surface area contributed by atoms with Crippen LogP contribution >= 0.6 is 11.6 Å². The SMILES string of the molecule is Cc1ccc(CN2CC3CNCC3C2C)cc1Cl. The highest BCUT2D eigenvalue weighted by Crippen LogP contribution is 2.33. The number of hydrogen-bond donors (Lipinski definition) is 1. The fourth-order valence-electron chi connectivity index (χ4n) is 3.43. The third-order valence-corrected chi connectivity index (χ3v) is 5.09. The molecule has 1 aromatic carbocycles. The van der Waals surface area contributed by atoms with Crippen molar-refractivity contribution in [2.75, 3.05) is 19.6 Å². The smallest absolute Gasteiger partial charge is 0.0438 e. The predicted octanol–water partition coefficient (Wildman–Crippen LogP) is 2.69. The van der Waals surface area contributed by atoms with E-state index in [0.29, 0.717) is 6.04 Å². The van der Waals surface area contributed by atoms with Crippen molar-refractivity contribution in [1.82, 2.24) is 10.2 Å². The molecule has 0 amide bonds. The second-order valence-electron chi connectivity index (χ2n) is 5.84. The van der Waals surface area contributed by atoms with Gasteiger partial charge in [-0.05, 0) is 56.0 Å². The zero-order valence-corrected chi connectivity index (χ0v) is 11.9. The van der Waals surface area contributed by atoms with Gasteiger partial charge < -0.3 is 5.32 Å². The van der Waals surface area contributed by atoms with E-state index in [9.17, 15) is 0 Å². The first-order valence-electron chi connectivity index (χ1n) is 6.85. The Kier molecular flexibility index (Phi) is 3.35. The summed E-state index contributed by atoms with van der Waals surface area (Å²) in [6.07, 6.45) is 0. The molecule has 2 fully saturated rings. The second-order valence-corrected chi connectivity index (χ2v) is 6.24. The van der Waals surface area contributed by atoms with Crippen molar-refractivity contribution in [3.05, 3.63) is 34.3 Å². The minimum absolute atomic E-state index is 0.685. The lowest BCUT2D eigenvalue weighted by Crippen LogP contribution is -2.32. The molecular formula is C15H21ClN2. The molecule has 3 atom stereocenters. The summed E-state index contributed by atoms with van der Waals surface area (Å²) in [4.78, 5) is 2.61. The molecule has 2 aliphatic heterocycles. The van der Waals surface area contributed by atoms with Gasteiger partial charge in [0.2, 0.25) is 0 Å². The van der Waals surface area contributed by atoms with E-state index in [1.807, 2.05) is 0 Å². The first-order valence-corrected chi connectivity index (χ1v) is 7.23. The number of halogens is 1. The summed E-state index contributed by atoms with van der Waals surface area (Å²) in [6, 6.07) is 7.14. The van der Waals surface area contributed by atoms with Crippen molar-refractivity contribution >= 4 is 11.6 Å². The number of benzene rings is 1. The molecule has 3 rings (SSSR count). The van der Waals surface area contributed by atoms with Gasteiger partial charge in [-0.3, -0.25) is 4.90 Å². The van der Waals surface area contributed by atoms with E-state index >= 15 is 0 Å². The van der Waals surface area contributed by atoms with Crippen LogP contribution in [0.4, 0.5) is 0 Å². The van der Waals surface area contributed by atoms with E-state index < -0.39 is 0 Å². The molecule has 3 heteroatoms. The Morgan fingerprint density at radius 2 is 2.22 bits per heavy atom. The van der Waals surface area contributed by atoms with Gasteiger partial charge in [-0.2, -0.15) is 0 Å². The summed E-state index contributed by atoms with van der Waals surface area (Å²) < 4.78 is 0. The molecule has 0 radical (unpaired) electrons. The van der Waals surface area contributed by atoms with Crippen molar-refractivity contribution in [3.8, 4) is 0 Å². The van der Waals surface area contributed by atoms with Crippen molar-refractivity contribution in [2.45, 2.75) is 26.4 Å². The summed E-state index contributed by atoms with van der Waals surface area (Å²) in [5.41, 5.74) is 2.50. The third-order valence-electron chi connectivity index (χ3n) is 4.68. The van der Waals surface area contributed by atoms with Gasteiger partial charge in [-0.1, -0.05) is 23.7 Å². The van der Waals surface area contributed by atoms with Crippen LogP contribution in [0.25, 0.3) is 0 Å². The molecule has 2 saturated heterocycles. The minimum atomic E-state index is 0.685. The van der Waals surface area contributed by atoms with Gasteiger partial charge in [0.15, 0.2) is 0 Å². The third kappa shape index (κ3) is 2.18. The van der Waals surface area contributed by atoms with Gasteiger partial charge in [0.25, 0.3) is 0 Å².